The van der Waals surface area contributed by atoms with E-state index in [1.54, 1.807) is 6.08 Å². The number of hydrogen-bond acceptors (Lipinski definition) is 3. The molecule has 1 heterocycles. The minimum atomic E-state index is -0.765. The number of carbonyl (C=O) groups is 1. The van der Waals surface area contributed by atoms with Gasteiger partial charge in [-0.3, -0.25) is 4.79 Å². The van der Waals surface area contributed by atoms with Crippen molar-refractivity contribution in [3.63, 3.8) is 0 Å². The Kier molecular flexibility index (Phi) is 2.70. The fourth-order valence-corrected chi connectivity index (χ4v) is 2.19. The molecule has 1 aliphatic rings. The van der Waals surface area contributed by atoms with E-state index in [0.29, 0.717) is 11.3 Å². The molecule has 3 heteroatoms. The number of aliphatic hydroxyl groups is 1. The van der Waals surface area contributed by atoms with Crippen molar-refractivity contribution in [2.75, 3.05) is 5.75 Å². The zero-order valence-corrected chi connectivity index (χ0v) is 8.33. The molecule has 1 N–H and O–H groups in total. The molecule has 0 amide bonds. The van der Waals surface area contributed by atoms with E-state index in [4.69, 9.17) is 0 Å². The van der Waals surface area contributed by atoms with Crippen LogP contribution in [0.25, 0.3) is 0 Å². The average Bonchev–Trinajstić information content (AvgIpc) is 2.65. The van der Waals surface area contributed by atoms with Gasteiger partial charge in [0.05, 0.1) is 0 Å². The van der Waals surface area contributed by atoms with Crippen LogP contribution < -0.4 is 0 Å². The van der Waals surface area contributed by atoms with E-state index in [-0.39, 0.29) is 5.12 Å². The molecular weight excluding hydrogens is 196 g/mol. The zero-order chi connectivity index (χ0) is 9.97. The molecule has 1 aromatic carbocycles. The van der Waals surface area contributed by atoms with Crippen molar-refractivity contribution >= 4 is 16.9 Å². The van der Waals surface area contributed by atoms with Crippen LogP contribution in [0.3, 0.4) is 0 Å². The first kappa shape index (κ1) is 9.49. The lowest BCUT2D eigenvalue weighted by molar-refractivity contribution is -0.108. The fourth-order valence-electron chi connectivity index (χ4n) is 1.41. The van der Waals surface area contributed by atoms with Gasteiger partial charge in [-0.05, 0) is 5.56 Å². The highest BCUT2D eigenvalue weighted by molar-refractivity contribution is 8.14. The van der Waals surface area contributed by atoms with Crippen molar-refractivity contribution in [2.24, 2.45) is 0 Å². The summed E-state index contributed by atoms with van der Waals surface area (Å²) in [6, 6.07) is 9.23. The van der Waals surface area contributed by atoms with E-state index in [1.165, 1.54) is 11.8 Å². The lowest BCUT2D eigenvalue weighted by atomic mass is 10.0. The molecule has 0 aliphatic carbocycles. The first-order valence-electron chi connectivity index (χ1n) is 4.39. The molecular formula is C11H10O2S. The van der Waals surface area contributed by atoms with Crippen molar-refractivity contribution in [3.05, 3.63) is 47.5 Å². The van der Waals surface area contributed by atoms with E-state index < -0.39 is 6.10 Å². The summed E-state index contributed by atoms with van der Waals surface area (Å²) < 4.78 is 0. The molecule has 0 aromatic heterocycles. The van der Waals surface area contributed by atoms with Crippen LogP contribution in [0.4, 0.5) is 0 Å². The number of benzene rings is 1. The van der Waals surface area contributed by atoms with Crippen molar-refractivity contribution < 1.29 is 9.90 Å². The maximum absolute atomic E-state index is 11.3. The Morgan fingerprint density at radius 1 is 1.29 bits per heavy atom. The van der Waals surface area contributed by atoms with E-state index in [0.717, 1.165) is 5.56 Å². The standard InChI is InChI=1S/C11H10O2S/c12-10(8-4-2-1-3-5-8)9-6-7-14-11(9)13/h1-6,10,12H,7H2. The Morgan fingerprint density at radius 3 is 2.57 bits per heavy atom. The highest BCUT2D eigenvalue weighted by Gasteiger charge is 2.23. The molecule has 2 nitrogen and oxygen atoms in total. The number of hydrogen-bond donors (Lipinski definition) is 1. The Bertz CT molecular complexity index is 370. The Balaban J connectivity index is 2.24. The maximum atomic E-state index is 11.3. The van der Waals surface area contributed by atoms with Crippen LogP contribution in [0.15, 0.2) is 42.0 Å². The maximum Gasteiger partial charge on any atom is 0.218 e. The number of thioether (sulfide) groups is 1. The monoisotopic (exact) mass is 206 g/mol. The normalized spacial score (nSPS) is 18.1. The van der Waals surface area contributed by atoms with Crippen molar-refractivity contribution in [3.8, 4) is 0 Å². The van der Waals surface area contributed by atoms with Crippen molar-refractivity contribution in [1.29, 1.82) is 0 Å². The Morgan fingerprint density at radius 2 is 2.00 bits per heavy atom. The quantitative estimate of drug-likeness (QED) is 0.803. The largest absolute Gasteiger partial charge is 0.384 e. The lowest BCUT2D eigenvalue weighted by Crippen LogP contribution is -2.05. The van der Waals surface area contributed by atoms with Gasteiger partial charge < -0.3 is 5.11 Å². The molecule has 1 atom stereocenters. The van der Waals surface area contributed by atoms with Crippen LogP contribution in [0, 0.1) is 0 Å². The molecule has 1 unspecified atom stereocenters. The molecule has 0 spiro atoms. The summed E-state index contributed by atoms with van der Waals surface area (Å²) >= 11 is 1.24. The number of aliphatic hydroxyl groups excluding tert-OH is 1. The Hall–Kier alpha value is -1.06. The fraction of sp³-hybridized carbons (Fsp3) is 0.182. The van der Waals surface area contributed by atoms with Gasteiger partial charge in [-0.1, -0.05) is 48.2 Å². The second-order valence-corrected chi connectivity index (χ2v) is 4.06. The van der Waals surface area contributed by atoms with Crippen molar-refractivity contribution in [2.45, 2.75) is 6.10 Å². The summed E-state index contributed by atoms with van der Waals surface area (Å²) in [4.78, 5) is 11.3. The topological polar surface area (TPSA) is 37.3 Å². The van der Waals surface area contributed by atoms with E-state index >= 15 is 0 Å². The van der Waals surface area contributed by atoms with Gasteiger partial charge in [0.15, 0.2) is 0 Å². The summed E-state index contributed by atoms with van der Waals surface area (Å²) in [5.41, 5.74) is 1.29. The zero-order valence-electron chi connectivity index (χ0n) is 7.51. The average molecular weight is 206 g/mol. The molecule has 1 aromatic rings. The van der Waals surface area contributed by atoms with Crippen LogP contribution in [-0.4, -0.2) is 16.0 Å². The predicted octanol–water partition coefficient (Wildman–Crippen LogP) is 1.92. The highest BCUT2D eigenvalue weighted by atomic mass is 32.2. The Labute approximate surface area is 86.6 Å². The molecule has 72 valence electrons. The molecule has 1 aliphatic heterocycles. The van der Waals surface area contributed by atoms with Crippen LogP contribution in [0.1, 0.15) is 11.7 Å². The molecule has 0 saturated heterocycles. The molecule has 0 fully saturated rings. The minimum absolute atomic E-state index is 0.0126. The van der Waals surface area contributed by atoms with E-state index in [1.807, 2.05) is 30.3 Å². The van der Waals surface area contributed by atoms with Crippen LogP contribution in [0.2, 0.25) is 0 Å². The van der Waals surface area contributed by atoms with E-state index in [2.05, 4.69) is 0 Å². The van der Waals surface area contributed by atoms with Gasteiger partial charge in [-0.2, -0.15) is 0 Å². The van der Waals surface area contributed by atoms with Gasteiger partial charge in [0.25, 0.3) is 0 Å². The van der Waals surface area contributed by atoms with Crippen molar-refractivity contribution in [1.82, 2.24) is 0 Å². The second kappa shape index (κ2) is 3.98. The SMILES string of the molecule is O=C1SCC=C1C(O)c1ccccc1. The summed E-state index contributed by atoms with van der Waals surface area (Å²) in [5.74, 6) is 0.679. The van der Waals surface area contributed by atoms with Crippen LogP contribution >= 0.6 is 11.8 Å². The summed E-state index contributed by atoms with van der Waals surface area (Å²) in [6.07, 6.45) is 1.03. The van der Waals surface area contributed by atoms with Gasteiger partial charge >= 0.3 is 0 Å². The van der Waals surface area contributed by atoms with Gasteiger partial charge in [-0.25, -0.2) is 0 Å². The molecule has 0 bridgehead atoms. The third-order valence-electron chi connectivity index (χ3n) is 2.16. The summed E-state index contributed by atoms with van der Waals surface area (Å²) in [5, 5.41) is 9.88. The minimum Gasteiger partial charge on any atom is -0.384 e. The van der Waals surface area contributed by atoms with Gasteiger partial charge in [-0.15, -0.1) is 0 Å². The first-order chi connectivity index (χ1) is 6.79. The molecule has 0 radical (unpaired) electrons. The first-order valence-corrected chi connectivity index (χ1v) is 5.38. The second-order valence-electron chi connectivity index (χ2n) is 3.07. The lowest BCUT2D eigenvalue weighted by Gasteiger charge is -2.10. The van der Waals surface area contributed by atoms with E-state index in [9.17, 15) is 9.90 Å². The number of rotatable bonds is 2. The molecule has 2 rings (SSSR count). The van der Waals surface area contributed by atoms with Crippen LogP contribution in [0.5, 0.6) is 0 Å². The van der Waals surface area contributed by atoms with Gasteiger partial charge in [0, 0.05) is 11.3 Å². The highest BCUT2D eigenvalue weighted by Crippen LogP contribution is 2.30. The number of carbonyl (C=O) groups excluding carboxylic acids is 1. The molecule has 14 heavy (non-hydrogen) atoms. The van der Waals surface area contributed by atoms with Crippen LogP contribution in [-0.2, 0) is 4.79 Å². The third kappa shape index (κ3) is 1.74. The summed E-state index contributed by atoms with van der Waals surface area (Å²) in [6.45, 7) is 0. The van der Waals surface area contributed by atoms with Gasteiger partial charge in [0.1, 0.15) is 6.10 Å². The summed E-state index contributed by atoms with van der Waals surface area (Å²) in [7, 11) is 0. The third-order valence-corrected chi connectivity index (χ3v) is 2.99. The smallest absolute Gasteiger partial charge is 0.218 e. The predicted molar refractivity (Wildman–Crippen MR) is 56.9 cm³/mol. The van der Waals surface area contributed by atoms with Gasteiger partial charge in [0.2, 0.25) is 5.12 Å². The molecule has 0 saturated carbocycles.